The van der Waals surface area contributed by atoms with Gasteiger partial charge in [0.15, 0.2) is 11.0 Å². The van der Waals surface area contributed by atoms with Gasteiger partial charge in [0.05, 0.1) is 5.21 Å². The monoisotopic (exact) mass is 545 g/mol. The first kappa shape index (κ1) is 25.6. The van der Waals surface area contributed by atoms with Crippen LogP contribution in [0, 0.1) is 0 Å². The normalized spacial score (nSPS) is 11.4. The van der Waals surface area contributed by atoms with Crippen LogP contribution >= 0.6 is 15.8 Å². The summed E-state index contributed by atoms with van der Waals surface area (Å²) in [5, 5.41) is 10.8. The SMILES string of the molecule is c1ccc(P(CCn2[15n][n+](CCP(c3ccccc3)c3ccccc3)c3ccccc32)c2ccccc2)cc1. The Labute approximate surface area is 233 Å². The minimum absolute atomic E-state index is 0.466. The molecule has 1 heterocycles. The van der Waals surface area contributed by atoms with Crippen molar-refractivity contribution in [2.24, 2.45) is 0 Å². The van der Waals surface area contributed by atoms with E-state index in [4.69, 9.17) is 5.21 Å². The minimum atomic E-state index is -0.466. The van der Waals surface area contributed by atoms with E-state index >= 15 is 0 Å². The van der Waals surface area contributed by atoms with Crippen LogP contribution in [0.1, 0.15) is 0 Å². The Morgan fingerprint density at radius 3 is 1.38 bits per heavy atom. The summed E-state index contributed by atoms with van der Waals surface area (Å²) in [6.45, 7) is 1.77. The van der Waals surface area contributed by atoms with Crippen LogP contribution in [0.4, 0.5) is 0 Å². The van der Waals surface area contributed by atoms with Crippen molar-refractivity contribution in [3.63, 3.8) is 0 Å². The topological polar surface area (TPSA) is 21.7 Å². The summed E-state index contributed by atoms with van der Waals surface area (Å²) >= 11 is 0. The van der Waals surface area contributed by atoms with E-state index in [2.05, 4.69) is 155 Å². The molecule has 0 radical (unpaired) electrons. The summed E-state index contributed by atoms with van der Waals surface area (Å²) in [6, 6.07) is 52.5. The second-order valence-electron chi connectivity index (χ2n) is 9.47. The first-order valence-corrected chi connectivity index (χ1v) is 16.5. The van der Waals surface area contributed by atoms with Crippen molar-refractivity contribution in [1.29, 1.82) is 0 Å². The van der Waals surface area contributed by atoms with Crippen LogP contribution in [0.5, 0.6) is 0 Å². The van der Waals surface area contributed by atoms with Crippen LogP contribution in [-0.4, -0.2) is 22.2 Å². The fourth-order valence-electron chi connectivity index (χ4n) is 5.09. The maximum absolute atomic E-state index is 5.16. The maximum atomic E-state index is 5.16. The summed E-state index contributed by atoms with van der Waals surface area (Å²) in [7, 11) is -0.933. The lowest BCUT2D eigenvalue weighted by Crippen LogP contribution is -2.39. The van der Waals surface area contributed by atoms with Gasteiger partial charge >= 0.3 is 0 Å². The Hall–Kier alpha value is -3.64. The predicted molar refractivity (Wildman–Crippen MR) is 168 cm³/mol. The van der Waals surface area contributed by atoms with Gasteiger partial charge < -0.3 is 0 Å². The lowest BCUT2D eigenvalue weighted by Gasteiger charge is -2.17. The number of hydrogen-bond acceptors (Lipinski definition) is 1. The predicted octanol–water partition coefficient (Wildman–Crippen LogP) is 5.59. The Bertz CT molecular complexity index is 1400. The van der Waals surface area contributed by atoms with E-state index < -0.39 is 15.8 Å². The minimum Gasteiger partial charge on any atom is -0.129 e. The highest BCUT2D eigenvalue weighted by atomic mass is 31.1. The van der Waals surface area contributed by atoms with E-state index in [9.17, 15) is 0 Å². The van der Waals surface area contributed by atoms with Crippen molar-refractivity contribution < 1.29 is 4.68 Å². The molecule has 6 rings (SSSR count). The van der Waals surface area contributed by atoms with Gasteiger partial charge in [-0.15, -0.1) is 9.36 Å². The van der Waals surface area contributed by atoms with Crippen molar-refractivity contribution in [3.8, 4) is 0 Å². The van der Waals surface area contributed by atoms with Gasteiger partial charge in [0.2, 0.25) is 0 Å². The van der Waals surface area contributed by atoms with E-state index in [1.54, 1.807) is 0 Å². The molecule has 0 aliphatic rings. The second kappa shape index (κ2) is 12.5. The van der Waals surface area contributed by atoms with Gasteiger partial charge in [0.1, 0.15) is 13.1 Å². The first-order valence-electron chi connectivity index (χ1n) is 13.5. The molecule has 0 unspecified atom stereocenters. The van der Waals surface area contributed by atoms with Gasteiger partial charge in [-0.2, -0.15) is 0 Å². The molecule has 39 heavy (non-hydrogen) atoms. The van der Waals surface area contributed by atoms with Crippen molar-refractivity contribution in [1.82, 2.24) is 9.90 Å². The smallest absolute Gasteiger partial charge is 0.129 e. The van der Waals surface area contributed by atoms with Crippen molar-refractivity contribution in [3.05, 3.63) is 146 Å². The van der Waals surface area contributed by atoms with E-state index in [0.717, 1.165) is 25.4 Å². The molecule has 1 aromatic heterocycles. The van der Waals surface area contributed by atoms with E-state index in [1.165, 1.54) is 32.3 Å². The summed E-state index contributed by atoms with van der Waals surface area (Å²) in [6.07, 6.45) is 2.10. The molecule has 0 spiro atoms. The molecule has 192 valence electrons. The molecule has 0 atom stereocenters. The third-order valence-corrected chi connectivity index (χ3v) is 12.0. The Kier molecular flexibility index (Phi) is 8.20. The Balaban J connectivity index is 1.27. The number of aromatic nitrogens is 3. The van der Waals surface area contributed by atoms with Crippen molar-refractivity contribution in [2.75, 3.05) is 12.3 Å². The molecule has 0 bridgehead atoms. The highest BCUT2D eigenvalue weighted by Crippen LogP contribution is 2.34. The van der Waals surface area contributed by atoms with Crippen molar-refractivity contribution in [2.45, 2.75) is 13.1 Å². The lowest BCUT2D eigenvalue weighted by atomic mass is 10.3. The number of aryl methyl sites for hydroxylation is 2. The molecule has 5 aromatic carbocycles. The average Bonchev–Trinajstić information content (AvgIpc) is 3.37. The molecule has 0 aliphatic carbocycles. The van der Waals surface area contributed by atoms with Crippen LogP contribution in [0.2, 0.25) is 0 Å². The highest BCUT2D eigenvalue weighted by molar-refractivity contribution is 7.73. The second-order valence-corrected chi connectivity index (χ2v) is 14.1. The maximum Gasteiger partial charge on any atom is 0.198 e. The summed E-state index contributed by atoms with van der Waals surface area (Å²) < 4.78 is 4.45. The summed E-state index contributed by atoms with van der Waals surface area (Å²) in [4.78, 5) is 0. The van der Waals surface area contributed by atoms with E-state index in [-0.39, 0.29) is 0 Å². The van der Waals surface area contributed by atoms with Gasteiger partial charge in [-0.05, 0) is 49.2 Å². The van der Waals surface area contributed by atoms with Gasteiger partial charge in [-0.1, -0.05) is 133 Å². The van der Waals surface area contributed by atoms with E-state index in [0.29, 0.717) is 0 Å². The van der Waals surface area contributed by atoms with Crippen LogP contribution in [-0.2, 0) is 13.1 Å². The number of rotatable bonds is 10. The number of para-hydroxylation sites is 2. The zero-order valence-electron chi connectivity index (χ0n) is 21.9. The molecule has 5 heteroatoms. The fraction of sp³-hybridized carbons (Fsp3) is 0.118. The van der Waals surface area contributed by atoms with Crippen molar-refractivity contribution >= 4 is 48.1 Å². The molecule has 0 aliphatic heterocycles. The Morgan fingerprint density at radius 2 is 0.897 bits per heavy atom. The van der Waals surface area contributed by atoms with Crippen LogP contribution in [0.3, 0.4) is 0 Å². The first-order chi connectivity index (χ1) is 19.4. The standard InChI is InChI=1S/C34H32N3P2/c1-5-15-29(16-6-1)38(30-17-7-2-8-18-30)27-25-36-33-23-13-14-24-34(33)37(35-36)26-28-39(31-19-9-3-10-20-31)32-21-11-4-12-22-32/h1-24H,25-28H2/q+1/i35+1. The molecule has 6 aromatic rings. The zero-order chi connectivity index (χ0) is 26.3. The number of nitrogens with zero attached hydrogens (tertiary/aromatic N) is 3. The van der Waals surface area contributed by atoms with Gasteiger partial charge in [0.25, 0.3) is 0 Å². The van der Waals surface area contributed by atoms with Gasteiger partial charge in [0, 0.05) is 12.3 Å². The molecule has 3 nitrogen and oxygen atoms in total. The molecule has 0 amide bonds. The fourth-order valence-corrected chi connectivity index (χ4v) is 9.63. The largest absolute Gasteiger partial charge is 0.198 e. The number of fused-ring (bicyclic) bond motifs is 1. The molecular weight excluding hydrogens is 513 g/mol. The molecule has 0 fully saturated rings. The number of hydrogen-bond donors (Lipinski definition) is 0. The van der Waals surface area contributed by atoms with Crippen LogP contribution in [0.15, 0.2) is 146 Å². The summed E-state index contributed by atoms with van der Waals surface area (Å²) in [5.74, 6) is 0. The molecule has 0 saturated carbocycles. The lowest BCUT2D eigenvalue weighted by molar-refractivity contribution is -0.728. The van der Waals surface area contributed by atoms with Gasteiger partial charge in [-0.25, -0.2) is 0 Å². The molecular formula is C34H32N3P2+. The third kappa shape index (κ3) is 6.01. The Morgan fingerprint density at radius 1 is 0.487 bits per heavy atom. The van der Waals surface area contributed by atoms with Crippen LogP contribution in [0.25, 0.3) is 11.0 Å². The molecule has 0 N–H and O–H groups in total. The summed E-state index contributed by atoms with van der Waals surface area (Å²) in [5.41, 5.74) is 2.41. The van der Waals surface area contributed by atoms with Gasteiger partial charge in [-0.3, -0.25) is 0 Å². The van der Waals surface area contributed by atoms with E-state index in [1.807, 2.05) is 0 Å². The third-order valence-electron chi connectivity index (χ3n) is 7.00. The molecule has 0 saturated heterocycles. The quantitative estimate of drug-likeness (QED) is 0.163. The number of benzene rings is 5. The van der Waals surface area contributed by atoms with Crippen LogP contribution < -0.4 is 25.9 Å². The zero-order valence-corrected chi connectivity index (χ0v) is 23.7. The highest BCUT2D eigenvalue weighted by Gasteiger charge is 2.22. The average molecular weight is 546 g/mol.